The Morgan fingerprint density at radius 1 is 1.21 bits per heavy atom. The molecule has 19 heavy (non-hydrogen) atoms. The average molecular weight is 270 g/mol. The quantitative estimate of drug-likeness (QED) is 0.927. The van der Waals surface area contributed by atoms with Crippen LogP contribution in [0.15, 0.2) is 34.9 Å². The van der Waals surface area contributed by atoms with Crippen molar-refractivity contribution in [2.45, 2.75) is 19.0 Å². The van der Waals surface area contributed by atoms with E-state index in [2.05, 4.69) is 4.98 Å². The summed E-state index contributed by atoms with van der Waals surface area (Å²) in [6, 6.07) is 5.22. The Kier molecular flexibility index (Phi) is 3.90. The zero-order valence-electron chi connectivity index (χ0n) is 10.1. The van der Waals surface area contributed by atoms with Gasteiger partial charge in [-0.2, -0.15) is 13.2 Å². The van der Waals surface area contributed by atoms with Crippen LogP contribution in [-0.4, -0.2) is 11.5 Å². The Balaban J connectivity index is 2.34. The topological polar surface area (TPSA) is 52.0 Å². The zero-order valence-corrected chi connectivity index (χ0v) is 10.1. The van der Waals surface area contributed by atoms with Gasteiger partial charge in [-0.25, -0.2) is 4.98 Å². The van der Waals surface area contributed by atoms with E-state index in [4.69, 9.17) is 10.2 Å². The molecule has 1 aromatic carbocycles. The molecule has 2 aromatic rings. The number of hydrogen-bond donors (Lipinski definition) is 1. The maximum Gasteiger partial charge on any atom is 0.417 e. The van der Waals surface area contributed by atoms with E-state index in [1.165, 1.54) is 24.4 Å². The highest BCUT2D eigenvalue weighted by atomic mass is 19.4. The van der Waals surface area contributed by atoms with E-state index < -0.39 is 11.7 Å². The van der Waals surface area contributed by atoms with Crippen LogP contribution in [0.2, 0.25) is 0 Å². The highest BCUT2D eigenvalue weighted by molar-refractivity contribution is 5.59. The molecular formula is C13H13F3N2O. The van der Waals surface area contributed by atoms with Crippen LogP contribution in [-0.2, 0) is 12.6 Å². The largest absolute Gasteiger partial charge is 0.441 e. The predicted molar refractivity (Wildman–Crippen MR) is 64.3 cm³/mol. The summed E-state index contributed by atoms with van der Waals surface area (Å²) in [7, 11) is 0. The van der Waals surface area contributed by atoms with Gasteiger partial charge in [-0.05, 0) is 25.1 Å². The van der Waals surface area contributed by atoms with E-state index in [1.807, 2.05) is 0 Å². The van der Waals surface area contributed by atoms with E-state index >= 15 is 0 Å². The Hall–Kier alpha value is -1.82. The number of hydrogen-bond acceptors (Lipinski definition) is 3. The lowest BCUT2D eigenvalue weighted by Crippen LogP contribution is -2.06. The van der Waals surface area contributed by atoms with Crippen molar-refractivity contribution >= 4 is 0 Å². The minimum Gasteiger partial charge on any atom is -0.441 e. The third kappa shape index (κ3) is 3.14. The first-order valence-corrected chi connectivity index (χ1v) is 5.83. The summed E-state index contributed by atoms with van der Waals surface area (Å²) < 4.78 is 43.9. The molecule has 0 amide bonds. The number of rotatable bonds is 4. The Bertz CT molecular complexity index is 549. The highest BCUT2D eigenvalue weighted by Crippen LogP contribution is 2.36. The Morgan fingerprint density at radius 3 is 2.63 bits per heavy atom. The number of nitrogens with two attached hydrogens (primary N) is 1. The lowest BCUT2D eigenvalue weighted by molar-refractivity contribution is -0.137. The molecule has 1 aromatic heterocycles. The molecule has 0 radical (unpaired) electrons. The highest BCUT2D eigenvalue weighted by Gasteiger charge is 2.34. The summed E-state index contributed by atoms with van der Waals surface area (Å²) in [4.78, 5) is 3.91. The number of aryl methyl sites for hydroxylation is 1. The number of alkyl halides is 3. The molecule has 0 aliphatic heterocycles. The van der Waals surface area contributed by atoms with Gasteiger partial charge in [0.15, 0.2) is 0 Å². The number of oxazole rings is 1. The van der Waals surface area contributed by atoms with Gasteiger partial charge in [0, 0.05) is 12.0 Å². The molecule has 6 heteroatoms. The van der Waals surface area contributed by atoms with Crippen LogP contribution in [0.5, 0.6) is 0 Å². The molecule has 1 heterocycles. The molecule has 0 aliphatic carbocycles. The van der Waals surface area contributed by atoms with E-state index in [0.717, 1.165) is 6.07 Å². The predicted octanol–water partition coefficient (Wildman–Crippen LogP) is 3.25. The first-order valence-electron chi connectivity index (χ1n) is 5.83. The second kappa shape index (κ2) is 5.44. The van der Waals surface area contributed by atoms with Crippen molar-refractivity contribution < 1.29 is 17.6 Å². The van der Waals surface area contributed by atoms with Crippen LogP contribution in [0.4, 0.5) is 13.2 Å². The molecule has 102 valence electrons. The van der Waals surface area contributed by atoms with Crippen molar-refractivity contribution in [1.29, 1.82) is 0 Å². The summed E-state index contributed by atoms with van der Waals surface area (Å²) in [5, 5.41) is 0. The molecule has 2 rings (SSSR count). The Labute approximate surface area is 108 Å². The molecule has 0 aliphatic rings. The van der Waals surface area contributed by atoms with Gasteiger partial charge in [-0.1, -0.05) is 12.1 Å². The van der Waals surface area contributed by atoms with Crippen LogP contribution in [0.3, 0.4) is 0 Å². The third-order valence-corrected chi connectivity index (χ3v) is 2.64. The normalized spacial score (nSPS) is 11.8. The number of aromatic nitrogens is 1. The third-order valence-electron chi connectivity index (χ3n) is 2.64. The van der Waals surface area contributed by atoms with Crippen LogP contribution >= 0.6 is 0 Å². The number of benzene rings is 1. The Morgan fingerprint density at radius 2 is 1.95 bits per heavy atom. The van der Waals surface area contributed by atoms with Gasteiger partial charge in [0.1, 0.15) is 5.76 Å². The van der Waals surface area contributed by atoms with Gasteiger partial charge >= 0.3 is 6.18 Å². The fraction of sp³-hybridized carbons (Fsp3) is 0.308. The van der Waals surface area contributed by atoms with Crippen molar-refractivity contribution in [3.05, 3.63) is 41.8 Å². The van der Waals surface area contributed by atoms with Crippen LogP contribution in [0, 0.1) is 0 Å². The van der Waals surface area contributed by atoms with Gasteiger partial charge in [-0.3, -0.25) is 0 Å². The SMILES string of the molecule is NCCCc1cnc(-c2ccccc2C(F)(F)F)o1. The molecule has 0 saturated heterocycles. The average Bonchev–Trinajstić information content (AvgIpc) is 2.84. The molecule has 0 unspecified atom stereocenters. The maximum atomic E-state index is 12.9. The molecule has 0 atom stereocenters. The fourth-order valence-electron chi connectivity index (χ4n) is 1.74. The maximum absolute atomic E-state index is 12.9. The summed E-state index contributed by atoms with van der Waals surface area (Å²) in [6.45, 7) is 0.495. The van der Waals surface area contributed by atoms with Gasteiger partial charge in [-0.15, -0.1) is 0 Å². The number of halogens is 3. The van der Waals surface area contributed by atoms with Crippen molar-refractivity contribution in [2.75, 3.05) is 6.54 Å². The van der Waals surface area contributed by atoms with Crippen molar-refractivity contribution in [3.8, 4) is 11.5 Å². The van der Waals surface area contributed by atoms with Crippen LogP contribution < -0.4 is 5.73 Å². The summed E-state index contributed by atoms with van der Waals surface area (Å²) in [5.41, 5.74) is 4.57. The first-order chi connectivity index (χ1) is 9.02. The summed E-state index contributed by atoms with van der Waals surface area (Å²) >= 11 is 0. The minimum absolute atomic E-state index is 0.0139. The van der Waals surface area contributed by atoms with E-state index in [1.54, 1.807) is 0 Å². The first kappa shape index (κ1) is 13.6. The van der Waals surface area contributed by atoms with Crippen LogP contribution in [0.25, 0.3) is 11.5 Å². The second-order valence-electron chi connectivity index (χ2n) is 4.07. The van der Waals surface area contributed by atoms with Crippen molar-refractivity contribution in [1.82, 2.24) is 4.98 Å². The van der Waals surface area contributed by atoms with Gasteiger partial charge in [0.25, 0.3) is 0 Å². The molecular weight excluding hydrogens is 257 g/mol. The molecule has 0 fully saturated rings. The monoisotopic (exact) mass is 270 g/mol. The van der Waals surface area contributed by atoms with E-state index in [0.29, 0.717) is 25.1 Å². The minimum atomic E-state index is -4.43. The molecule has 0 bridgehead atoms. The fourth-order valence-corrected chi connectivity index (χ4v) is 1.74. The van der Waals surface area contributed by atoms with Crippen molar-refractivity contribution in [3.63, 3.8) is 0 Å². The van der Waals surface area contributed by atoms with Gasteiger partial charge in [0.05, 0.1) is 11.8 Å². The number of nitrogens with zero attached hydrogens (tertiary/aromatic N) is 1. The second-order valence-corrected chi connectivity index (χ2v) is 4.07. The lowest BCUT2D eigenvalue weighted by Gasteiger charge is -2.09. The van der Waals surface area contributed by atoms with E-state index in [-0.39, 0.29) is 11.5 Å². The van der Waals surface area contributed by atoms with Gasteiger partial charge < -0.3 is 10.2 Å². The standard InChI is InChI=1S/C13H13F3N2O/c14-13(15,16)11-6-2-1-5-10(11)12-18-8-9(19-12)4-3-7-17/h1-2,5-6,8H,3-4,7,17H2. The molecule has 3 nitrogen and oxygen atoms in total. The molecule has 2 N–H and O–H groups in total. The molecule has 0 spiro atoms. The molecule has 0 saturated carbocycles. The van der Waals surface area contributed by atoms with Gasteiger partial charge in [0.2, 0.25) is 5.89 Å². The smallest absolute Gasteiger partial charge is 0.417 e. The lowest BCUT2D eigenvalue weighted by atomic mass is 10.1. The van der Waals surface area contributed by atoms with Crippen LogP contribution in [0.1, 0.15) is 17.7 Å². The van der Waals surface area contributed by atoms with Crippen molar-refractivity contribution in [2.24, 2.45) is 5.73 Å². The zero-order chi connectivity index (χ0) is 13.9. The van der Waals surface area contributed by atoms with E-state index in [9.17, 15) is 13.2 Å². The summed E-state index contributed by atoms with van der Waals surface area (Å²) in [6.07, 6.45) is -1.71. The summed E-state index contributed by atoms with van der Waals surface area (Å²) in [5.74, 6) is 0.525.